The molecule has 2 aromatic rings. The van der Waals surface area contributed by atoms with Crippen LogP contribution < -0.4 is 0 Å². The van der Waals surface area contributed by atoms with Crippen LogP contribution in [0.3, 0.4) is 0 Å². The van der Waals surface area contributed by atoms with Crippen LogP contribution >= 0.6 is 11.8 Å². The Hall–Kier alpha value is -1.72. The summed E-state index contributed by atoms with van der Waals surface area (Å²) in [5.41, 5.74) is 2.81. The van der Waals surface area contributed by atoms with Crippen LogP contribution in [-0.4, -0.2) is 6.26 Å². The van der Waals surface area contributed by atoms with Gasteiger partial charge in [-0.05, 0) is 29.5 Å². The zero-order valence-electron chi connectivity index (χ0n) is 8.97. The smallest absolute Gasteiger partial charge is 0.194 e. The molecule has 0 aliphatic heterocycles. The Kier molecular flexibility index (Phi) is 3.28. The van der Waals surface area contributed by atoms with E-state index in [9.17, 15) is 0 Å². The summed E-state index contributed by atoms with van der Waals surface area (Å²) in [6, 6.07) is 16.0. The maximum atomic E-state index is 7.13. The Morgan fingerprint density at radius 1 is 1.00 bits per heavy atom. The molecule has 0 unspecified atom stereocenters. The van der Waals surface area contributed by atoms with Gasteiger partial charge in [0.2, 0.25) is 0 Å². The number of para-hydroxylation sites is 1. The highest BCUT2D eigenvalue weighted by molar-refractivity contribution is 7.98. The number of hydrogen-bond acceptors (Lipinski definition) is 1. The number of benzene rings is 2. The summed E-state index contributed by atoms with van der Waals surface area (Å²) in [6.45, 7) is 7.13. The average Bonchev–Trinajstić information content (AvgIpc) is 2.39. The molecular weight excluding hydrogens is 214 g/mol. The first-order valence-corrected chi connectivity index (χ1v) is 6.18. The van der Waals surface area contributed by atoms with Crippen molar-refractivity contribution in [3.63, 3.8) is 0 Å². The first-order valence-electron chi connectivity index (χ1n) is 4.96. The third-order valence-corrected chi connectivity index (χ3v) is 3.17. The van der Waals surface area contributed by atoms with E-state index < -0.39 is 0 Å². The first-order chi connectivity index (χ1) is 7.85. The van der Waals surface area contributed by atoms with Gasteiger partial charge in [-0.25, -0.2) is 4.85 Å². The second-order valence-electron chi connectivity index (χ2n) is 3.36. The highest BCUT2D eigenvalue weighted by atomic mass is 32.2. The van der Waals surface area contributed by atoms with Gasteiger partial charge in [-0.2, -0.15) is 0 Å². The molecule has 2 rings (SSSR count). The van der Waals surface area contributed by atoms with Gasteiger partial charge in [0, 0.05) is 4.90 Å². The van der Waals surface area contributed by atoms with Crippen molar-refractivity contribution in [3.8, 4) is 11.1 Å². The fourth-order valence-electron chi connectivity index (χ4n) is 1.59. The summed E-state index contributed by atoms with van der Waals surface area (Å²) in [6.07, 6.45) is 2.06. The minimum atomic E-state index is 0.708. The summed E-state index contributed by atoms with van der Waals surface area (Å²) in [5.74, 6) is 0. The predicted molar refractivity (Wildman–Crippen MR) is 69.9 cm³/mol. The predicted octanol–water partition coefficient (Wildman–Crippen LogP) is 4.63. The standard InChI is InChI=1S/C14H11NS/c1-15-14-6-4-3-5-13(14)11-7-9-12(16-2)10-8-11/h3-10H,2H3. The molecule has 1 nitrogen and oxygen atoms in total. The summed E-state index contributed by atoms with van der Waals surface area (Å²) < 4.78 is 0. The van der Waals surface area contributed by atoms with Crippen LogP contribution in [0.2, 0.25) is 0 Å². The Morgan fingerprint density at radius 3 is 2.31 bits per heavy atom. The van der Waals surface area contributed by atoms with Crippen LogP contribution in [0.5, 0.6) is 0 Å². The van der Waals surface area contributed by atoms with Gasteiger partial charge in [0.1, 0.15) is 0 Å². The minimum Gasteiger partial charge on any atom is -0.238 e. The van der Waals surface area contributed by atoms with E-state index in [0.29, 0.717) is 5.69 Å². The summed E-state index contributed by atoms with van der Waals surface area (Å²) in [4.78, 5) is 4.77. The van der Waals surface area contributed by atoms with E-state index >= 15 is 0 Å². The first kappa shape index (κ1) is 10.8. The summed E-state index contributed by atoms with van der Waals surface area (Å²) in [5, 5.41) is 0. The molecule has 0 spiro atoms. The highest BCUT2D eigenvalue weighted by Crippen LogP contribution is 2.30. The summed E-state index contributed by atoms with van der Waals surface area (Å²) in [7, 11) is 0. The maximum Gasteiger partial charge on any atom is 0.194 e. The molecule has 0 aliphatic rings. The van der Waals surface area contributed by atoms with Crippen LogP contribution in [0.4, 0.5) is 5.69 Å². The van der Waals surface area contributed by atoms with Crippen molar-refractivity contribution in [1.29, 1.82) is 0 Å². The van der Waals surface area contributed by atoms with Crippen LogP contribution in [0.15, 0.2) is 53.4 Å². The Balaban J connectivity index is 2.47. The van der Waals surface area contributed by atoms with Crippen molar-refractivity contribution in [1.82, 2.24) is 0 Å². The quantitative estimate of drug-likeness (QED) is 0.532. The van der Waals surface area contributed by atoms with Crippen molar-refractivity contribution in [3.05, 3.63) is 59.9 Å². The van der Waals surface area contributed by atoms with Crippen molar-refractivity contribution in [2.45, 2.75) is 4.90 Å². The lowest BCUT2D eigenvalue weighted by Gasteiger charge is -2.04. The molecule has 0 saturated carbocycles. The highest BCUT2D eigenvalue weighted by Gasteiger charge is 2.03. The molecule has 0 bridgehead atoms. The fourth-order valence-corrected chi connectivity index (χ4v) is 1.99. The molecule has 78 valence electrons. The molecule has 0 atom stereocenters. The van der Waals surface area contributed by atoms with Crippen molar-refractivity contribution in [2.75, 3.05) is 6.26 Å². The second kappa shape index (κ2) is 4.87. The normalized spacial score (nSPS) is 9.75. The fraction of sp³-hybridized carbons (Fsp3) is 0.0714. The Labute approximate surface area is 99.9 Å². The maximum absolute atomic E-state index is 7.13. The largest absolute Gasteiger partial charge is 0.238 e. The average molecular weight is 225 g/mol. The van der Waals surface area contributed by atoms with Crippen LogP contribution in [0.25, 0.3) is 16.0 Å². The lowest BCUT2D eigenvalue weighted by molar-refractivity contribution is 1.46. The van der Waals surface area contributed by atoms with Gasteiger partial charge in [0.05, 0.1) is 6.57 Å². The van der Waals surface area contributed by atoms with E-state index in [-0.39, 0.29) is 0 Å². The topological polar surface area (TPSA) is 4.36 Å². The summed E-state index contributed by atoms with van der Waals surface area (Å²) >= 11 is 1.72. The van der Waals surface area contributed by atoms with Crippen LogP contribution in [-0.2, 0) is 0 Å². The Morgan fingerprint density at radius 2 is 1.69 bits per heavy atom. The lowest BCUT2D eigenvalue weighted by atomic mass is 10.0. The molecule has 16 heavy (non-hydrogen) atoms. The Bertz CT molecular complexity index is 523. The molecule has 0 amide bonds. The third-order valence-electron chi connectivity index (χ3n) is 2.43. The zero-order valence-corrected chi connectivity index (χ0v) is 9.79. The van der Waals surface area contributed by atoms with Gasteiger partial charge in [0.15, 0.2) is 5.69 Å². The molecule has 0 heterocycles. The molecular formula is C14H11NS. The van der Waals surface area contributed by atoms with Crippen molar-refractivity contribution >= 4 is 17.4 Å². The third kappa shape index (κ3) is 2.10. The van der Waals surface area contributed by atoms with Crippen molar-refractivity contribution < 1.29 is 0 Å². The van der Waals surface area contributed by atoms with E-state index in [4.69, 9.17) is 6.57 Å². The molecule has 2 heteroatoms. The van der Waals surface area contributed by atoms with Crippen LogP contribution in [0, 0.1) is 6.57 Å². The van der Waals surface area contributed by atoms with E-state index in [1.165, 1.54) is 4.90 Å². The molecule has 0 radical (unpaired) electrons. The van der Waals surface area contributed by atoms with E-state index in [0.717, 1.165) is 11.1 Å². The second-order valence-corrected chi connectivity index (χ2v) is 4.24. The molecule has 0 aliphatic carbocycles. The lowest BCUT2D eigenvalue weighted by Crippen LogP contribution is -1.78. The van der Waals surface area contributed by atoms with Gasteiger partial charge in [-0.15, -0.1) is 11.8 Å². The SMILES string of the molecule is [C-]#[N+]c1ccccc1-c1ccc(SC)cc1. The number of nitrogens with zero attached hydrogens (tertiary/aromatic N) is 1. The molecule has 0 aromatic heterocycles. The number of thioether (sulfide) groups is 1. The van der Waals surface area contributed by atoms with Crippen molar-refractivity contribution in [2.24, 2.45) is 0 Å². The monoisotopic (exact) mass is 225 g/mol. The molecule has 0 N–H and O–H groups in total. The minimum absolute atomic E-state index is 0.708. The van der Waals surface area contributed by atoms with Crippen LogP contribution in [0.1, 0.15) is 0 Å². The van der Waals surface area contributed by atoms with E-state index in [2.05, 4.69) is 35.4 Å². The van der Waals surface area contributed by atoms with Gasteiger partial charge in [-0.3, -0.25) is 0 Å². The van der Waals surface area contributed by atoms with Gasteiger partial charge < -0.3 is 0 Å². The van der Waals surface area contributed by atoms with Gasteiger partial charge >= 0.3 is 0 Å². The van der Waals surface area contributed by atoms with E-state index in [1.807, 2.05) is 24.3 Å². The van der Waals surface area contributed by atoms with Gasteiger partial charge in [0.25, 0.3) is 0 Å². The zero-order chi connectivity index (χ0) is 11.4. The molecule has 2 aromatic carbocycles. The molecule has 0 fully saturated rings. The van der Waals surface area contributed by atoms with E-state index in [1.54, 1.807) is 11.8 Å². The number of rotatable bonds is 2. The molecule has 0 saturated heterocycles. The van der Waals surface area contributed by atoms with Gasteiger partial charge in [-0.1, -0.05) is 36.4 Å². The number of hydrogen-bond donors (Lipinski definition) is 0.